The summed E-state index contributed by atoms with van der Waals surface area (Å²) in [4.78, 5) is 4.68. The smallest absolute Gasteiger partial charge is 0.416 e. The van der Waals surface area contributed by atoms with Crippen LogP contribution in [-0.4, -0.2) is 25.0 Å². The minimum absolute atomic E-state index is 0.0377. The molecule has 0 aliphatic carbocycles. The standard InChI is InChI=1S/C21H20F3N3O3S/c1-25-31(28,29)16-9-10-19(30-15-7-5-14(6-8-15)21(22,23)24)17(12-16)18-13-27-11-3-2-4-20(27)26-18/h5-10,12-13,25H,2-4,11H2,1H3. The SMILES string of the molecule is CNS(=O)(=O)c1ccc(Oc2ccc(C(F)(F)F)cc2)c(-c2cn3c(n2)CCCC3)c1. The number of hydrogen-bond donors (Lipinski definition) is 1. The number of halogens is 3. The molecule has 6 nitrogen and oxygen atoms in total. The number of aromatic nitrogens is 2. The molecule has 2 aromatic carbocycles. The van der Waals surface area contributed by atoms with Crippen molar-refractivity contribution in [3.8, 4) is 22.8 Å². The van der Waals surface area contributed by atoms with E-state index in [-0.39, 0.29) is 10.6 Å². The Balaban J connectivity index is 1.75. The van der Waals surface area contributed by atoms with Crippen molar-refractivity contribution >= 4 is 10.0 Å². The molecule has 2 heterocycles. The van der Waals surface area contributed by atoms with Crippen LogP contribution in [0.5, 0.6) is 11.5 Å². The molecule has 10 heteroatoms. The summed E-state index contributed by atoms with van der Waals surface area (Å²) in [6.07, 6.45) is 0.288. The van der Waals surface area contributed by atoms with Gasteiger partial charge in [-0.15, -0.1) is 0 Å². The summed E-state index contributed by atoms with van der Waals surface area (Å²) in [7, 11) is -2.39. The zero-order valence-corrected chi connectivity index (χ0v) is 17.4. The molecule has 0 fully saturated rings. The highest BCUT2D eigenvalue weighted by atomic mass is 32.2. The Morgan fingerprint density at radius 1 is 1.10 bits per heavy atom. The fraction of sp³-hybridized carbons (Fsp3) is 0.286. The maximum atomic E-state index is 12.8. The fourth-order valence-corrected chi connectivity index (χ4v) is 4.22. The van der Waals surface area contributed by atoms with E-state index >= 15 is 0 Å². The lowest BCUT2D eigenvalue weighted by Crippen LogP contribution is -2.18. The van der Waals surface area contributed by atoms with Gasteiger partial charge in [0.25, 0.3) is 0 Å². The first-order valence-corrected chi connectivity index (χ1v) is 11.1. The molecule has 0 saturated heterocycles. The quantitative estimate of drug-likeness (QED) is 0.615. The molecule has 0 bridgehead atoms. The van der Waals surface area contributed by atoms with E-state index in [1.807, 2.05) is 10.8 Å². The third kappa shape index (κ3) is 4.45. The van der Waals surface area contributed by atoms with Gasteiger partial charge in [-0.3, -0.25) is 0 Å². The summed E-state index contributed by atoms with van der Waals surface area (Å²) in [6, 6.07) is 8.64. The number of hydrogen-bond acceptors (Lipinski definition) is 4. The number of imidazole rings is 1. The molecule has 3 aromatic rings. The van der Waals surface area contributed by atoms with Crippen LogP contribution in [-0.2, 0) is 29.2 Å². The minimum Gasteiger partial charge on any atom is -0.457 e. The molecule has 0 spiro atoms. The lowest BCUT2D eigenvalue weighted by Gasteiger charge is -2.13. The van der Waals surface area contributed by atoms with E-state index < -0.39 is 21.8 Å². The highest BCUT2D eigenvalue weighted by Gasteiger charge is 2.30. The first-order valence-electron chi connectivity index (χ1n) is 9.66. The van der Waals surface area contributed by atoms with Gasteiger partial charge < -0.3 is 9.30 Å². The zero-order chi connectivity index (χ0) is 22.2. The predicted octanol–water partition coefficient (Wildman–Crippen LogP) is 4.61. The largest absolute Gasteiger partial charge is 0.457 e. The van der Waals surface area contributed by atoms with E-state index in [9.17, 15) is 21.6 Å². The number of sulfonamides is 1. The maximum Gasteiger partial charge on any atom is 0.416 e. The van der Waals surface area contributed by atoms with Gasteiger partial charge in [0.1, 0.15) is 17.3 Å². The summed E-state index contributed by atoms with van der Waals surface area (Å²) in [6.45, 7) is 0.825. The number of nitrogens with one attached hydrogen (secondary N) is 1. The van der Waals surface area contributed by atoms with Crippen LogP contribution in [0.2, 0.25) is 0 Å². The summed E-state index contributed by atoms with van der Waals surface area (Å²) in [5.74, 6) is 1.40. The molecule has 4 rings (SSSR count). The van der Waals surface area contributed by atoms with Crippen LogP contribution in [0.4, 0.5) is 13.2 Å². The summed E-state index contributed by atoms with van der Waals surface area (Å²) in [5, 5.41) is 0. The number of alkyl halides is 3. The molecule has 0 amide bonds. The first kappa shape index (κ1) is 21.4. The van der Waals surface area contributed by atoms with Gasteiger partial charge in [-0.1, -0.05) is 0 Å². The highest BCUT2D eigenvalue weighted by Crippen LogP contribution is 2.37. The van der Waals surface area contributed by atoms with Gasteiger partial charge in [-0.05, 0) is 62.4 Å². The number of nitrogens with zero attached hydrogens (tertiary/aromatic N) is 2. The van der Waals surface area contributed by atoms with Crippen molar-refractivity contribution in [1.29, 1.82) is 0 Å². The van der Waals surface area contributed by atoms with Crippen LogP contribution in [0.3, 0.4) is 0 Å². The predicted molar refractivity (Wildman–Crippen MR) is 108 cm³/mol. The van der Waals surface area contributed by atoms with Gasteiger partial charge in [-0.2, -0.15) is 13.2 Å². The van der Waals surface area contributed by atoms with Gasteiger partial charge in [0.05, 0.1) is 16.2 Å². The normalized spacial score (nSPS) is 14.3. The van der Waals surface area contributed by atoms with Crippen molar-refractivity contribution < 1.29 is 26.3 Å². The van der Waals surface area contributed by atoms with Crippen molar-refractivity contribution in [1.82, 2.24) is 14.3 Å². The van der Waals surface area contributed by atoms with Crippen LogP contribution in [0.1, 0.15) is 24.2 Å². The van der Waals surface area contributed by atoms with Gasteiger partial charge in [-0.25, -0.2) is 18.1 Å². The highest BCUT2D eigenvalue weighted by molar-refractivity contribution is 7.89. The number of fused-ring (bicyclic) bond motifs is 1. The Labute approximate surface area is 177 Å². The van der Waals surface area contributed by atoms with Crippen LogP contribution < -0.4 is 9.46 Å². The Bertz CT molecular complexity index is 1180. The van der Waals surface area contributed by atoms with E-state index in [0.717, 1.165) is 43.8 Å². The lowest BCUT2D eigenvalue weighted by molar-refractivity contribution is -0.137. The fourth-order valence-electron chi connectivity index (χ4n) is 3.46. The third-order valence-electron chi connectivity index (χ3n) is 5.12. The molecule has 164 valence electrons. The summed E-state index contributed by atoms with van der Waals surface area (Å²) < 4.78 is 73.2. The molecule has 1 aliphatic rings. The van der Waals surface area contributed by atoms with E-state index in [1.54, 1.807) is 0 Å². The third-order valence-corrected chi connectivity index (χ3v) is 6.54. The molecule has 0 atom stereocenters. The van der Waals surface area contributed by atoms with Crippen molar-refractivity contribution in [3.05, 3.63) is 60.0 Å². The summed E-state index contributed by atoms with van der Waals surface area (Å²) in [5.41, 5.74) is 0.211. The minimum atomic E-state index is -4.44. The monoisotopic (exact) mass is 451 g/mol. The van der Waals surface area contributed by atoms with Crippen LogP contribution in [0.15, 0.2) is 53.6 Å². The molecule has 1 aromatic heterocycles. The molecular formula is C21H20F3N3O3S. The zero-order valence-electron chi connectivity index (χ0n) is 16.6. The second-order valence-corrected chi connectivity index (χ2v) is 9.07. The van der Waals surface area contributed by atoms with E-state index in [0.29, 0.717) is 17.0 Å². The number of benzene rings is 2. The van der Waals surface area contributed by atoms with Gasteiger partial charge in [0.15, 0.2) is 0 Å². The van der Waals surface area contributed by atoms with Gasteiger partial charge >= 0.3 is 6.18 Å². The molecule has 31 heavy (non-hydrogen) atoms. The van der Waals surface area contributed by atoms with Crippen molar-refractivity contribution in [2.24, 2.45) is 0 Å². The van der Waals surface area contributed by atoms with E-state index in [1.165, 1.54) is 37.4 Å². The Hall–Kier alpha value is -2.85. The molecule has 1 aliphatic heterocycles. The van der Waals surface area contributed by atoms with Crippen molar-refractivity contribution in [3.63, 3.8) is 0 Å². The Morgan fingerprint density at radius 3 is 2.48 bits per heavy atom. The second kappa shape index (κ2) is 8.01. The topological polar surface area (TPSA) is 73.2 Å². The molecule has 0 unspecified atom stereocenters. The van der Waals surface area contributed by atoms with Crippen LogP contribution >= 0.6 is 0 Å². The Kier molecular flexibility index (Phi) is 5.52. The Morgan fingerprint density at radius 2 is 1.84 bits per heavy atom. The van der Waals surface area contributed by atoms with Crippen molar-refractivity contribution in [2.75, 3.05) is 7.05 Å². The van der Waals surface area contributed by atoms with Gasteiger partial charge in [0, 0.05) is 24.7 Å². The molecule has 1 N–H and O–H groups in total. The number of ether oxygens (including phenoxy) is 1. The van der Waals surface area contributed by atoms with Gasteiger partial charge in [0.2, 0.25) is 10.0 Å². The van der Waals surface area contributed by atoms with E-state index in [4.69, 9.17) is 4.74 Å². The molecule has 0 saturated carbocycles. The average Bonchev–Trinajstić information content (AvgIpc) is 3.18. The molecular weight excluding hydrogens is 431 g/mol. The second-order valence-electron chi connectivity index (χ2n) is 7.18. The van der Waals surface area contributed by atoms with Crippen LogP contribution in [0, 0.1) is 0 Å². The maximum absolute atomic E-state index is 12.8. The van der Waals surface area contributed by atoms with E-state index in [2.05, 4.69) is 9.71 Å². The summed E-state index contributed by atoms with van der Waals surface area (Å²) >= 11 is 0. The average molecular weight is 451 g/mol. The number of aryl methyl sites for hydroxylation is 2. The van der Waals surface area contributed by atoms with Crippen molar-refractivity contribution in [2.45, 2.75) is 36.9 Å². The van der Waals surface area contributed by atoms with Crippen LogP contribution in [0.25, 0.3) is 11.3 Å². The molecule has 0 radical (unpaired) electrons. The lowest BCUT2D eigenvalue weighted by atomic mass is 10.1. The first-order chi connectivity index (χ1) is 14.7. The number of rotatable bonds is 5.